The van der Waals surface area contributed by atoms with E-state index in [0.29, 0.717) is 13.2 Å². The van der Waals surface area contributed by atoms with Crippen LogP contribution in [0.2, 0.25) is 0 Å². The number of rotatable bonds is 19. The van der Waals surface area contributed by atoms with Crippen molar-refractivity contribution in [3.63, 3.8) is 0 Å². The molecule has 1 atom stereocenters. The molecule has 1 N–H and O–H groups in total. The van der Waals surface area contributed by atoms with E-state index in [4.69, 9.17) is 4.74 Å². The van der Waals surface area contributed by atoms with E-state index in [1.54, 1.807) is 0 Å². The summed E-state index contributed by atoms with van der Waals surface area (Å²) < 4.78 is 7.31. The first-order valence-corrected chi connectivity index (χ1v) is 12.7. The molecule has 1 aromatic rings. The van der Waals surface area contributed by atoms with Gasteiger partial charge in [0.2, 0.25) is 0 Å². The summed E-state index contributed by atoms with van der Waals surface area (Å²) in [6.07, 6.45) is 20.4. The maximum atomic E-state index is 12.4. The van der Waals surface area contributed by atoms with E-state index < -0.39 is 17.1 Å². The van der Waals surface area contributed by atoms with Gasteiger partial charge in [-0.1, -0.05) is 103 Å². The number of hydrogen-bond acceptors (Lipinski definition) is 4. The van der Waals surface area contributed by atoms with Gasteiger partial charge in [-0.2, -0.15) is 0 Å². The van der Waals surface area contributed by atoms with Crippen LogP contribution in [0.4, 0.5) is 0 Å². The molecule has 7 heteroatoms. The monoisotopic (exact) mass is 437 g/mol. The van der Waals surface area contributed by atoms with Gasteiger partial charge in [0, 0.05) is 6.54 Å². The maximum Gasteiger partial charge on any atom is 0.336 e. The zero-order valence-corrected chi connectivity index (χ0v) is 19.5. The number of aromatic nitrogens is 3. The fraction of sp³-hybridized carbons (Fsp3) is 0.875. The van der Waals surface area contributed by atoms with Crippen LogP contribution < -0.4 is 17.1 Å². The first kappa shape index (κ1) is 25.6. The van der Waals surface area contributed by atoms with Gasteiger partial charge in [-0.05, 0) is 6.42 Å². The van der Waals surface area contributed by atoms with Gasteiger partial charge in [0.25, 0.3) is 0 Å². The fourth-order valence-electron chi connectivity index (χ4n) is 4.10. The van der Waals surface area contributed by atoms with Crippen LogP contribution in [0.1, 0.15) is 110 Å². The molecule has 0 aromatic carbocycles. The Balaban J connectivity index is 1.47. The Morgan fingerprint density at radius 2 is 1.13 bits per heavy atom. The summed E-state index contributed by atoms with van der Waals surface area (Å²) in [6.45, 7) is 3.40. The van der Waals surface area contributed by atoms with Gasteiger partial charge in [0.05, 0.1) is 19.3 Å². The van der Waals surface area contributed by atoms with Gasteiger partial charge in [-0.3, -0.25) is 4.98 Å². The maximum absolute atomic E-state index is 12.4. The molecule has 0 amide bonds. The largest absolute Gasteiger partial charge is 0.371 e. The zero-order chi connectivity index (χ0) is 22.3. The standard InChI is InChI=1S/C24H43N3O4/c1-2-3-4-5-6-7-8-9-10-11-12-13-14-15-16-17-18-26-22(28)25-23(29)27(24(26)30)19-21-20-31-21/h21H,2-20H2,1H3,(H,25,28,29). The summed E-state index contributed by atoms with van der Waals surface area (Å²) >= 11 is 0. The minimum Gasteiger partial charge on any atom is -0.371 e. The average Bonchev–Trinajstić information content (AvgIpc) is 3.57. The summed E-state index contributed by atoms with van der Waals surface area (Å²) in [6, 6.07) is 0. The molecule has 0 aliphatic carbocycles. The highest BCUT2D eigenvalue weighted by molar-refractivity contribution is 4.79. The number of epoxide rings is 1. The summed E-state index contributed by atoms with van der Waals surface area (Å²) in [5.74, 6) is 0. The molecule has 1 unspecified atom stereocenters. The number of aromatic amines is 1. The average molecular weight is 438 g/mol. The lowest BCUT2D eigenvalue weighted by molar-refractivity contribution is 0.366. The van der Waals surface area contributed by atoms with Crippen molar-refractivity contribution in [3.05, 3.63) is 31.5 Å². The zero-order valence-electron chi connectivity index (χ0n) is 19.5. The summed E-state index contributed by atoms with van der Waals surface area (Å²) in [7, 11) is 0. The Morgan fingerprint density at radius 1 is 0.710 bits per heavy atom. The van der Waals surface area contributed by atoms with Crippen LogP contribution >= 0.6 is 0 Å². The van der Waals surface area contributed by atoms with E-state index in [1.807, 2.05) is 0 Å². The Labute approximate surface area is 186 Å². The third-order valence-corrected chi connectivity index (χ3v) is 6.19. The van der Waals surface area contributed by atoms with Crippen LogP contribution in [-0.4, -0.2) is 26.8 Å². The minimum absolute atomic E-state index is 0.0831. The molecular formula is C24H43N3O4. The predicted molar refractivity (Wildman–Crippen MR) is 125 cm³/mol. The second-order valence-corrected chi connectivity index (χ2v) is 9.04. The molecule has 31 heavy (non-hydrogen) atoms. The number of unbranched alkanes of at least 4 members (excludes halogenated alkanes) is 15. The Morgan fingerprint density at radius 3 is 1.58 bits per heavy atom. The molecule has 1 aliphatic rings. The van der Waals surface area contributed by atoms with Crippen molar-refractivity contribution in [2.75, 3.05) is 6.61 Å². The van der Waals surface area contributed by atoms with Crippen molar-refractivity contribution in [2.24, 2.45) is 0 Å². The SMILES string of the molecule is CCCCCCCCCCCCCCCCCCn1c(=O)[nH]c(=O)n(CC2CO2)c1=O. The summed E-state index contributed by atoms with van der Waals surface area (Å²) in [5.41, 5.74) is -1.78. The second kappa shape index (κ2) is 15.2. The van der Waals surface area contributed by atoms with Crippen LogP contribution in [0, 0.1) is 0 Å². The van der Waals surface area contributed by atoms with Crippen molar-refractivity contribution in [2.45, 2.75) is 129 Å². The predicted octanol–water partition coefficient (Wildman–Crippen LogP) is 4.36. The van der Waals surface area contributed by atoms with Crippen molar-refractivity contribution in [1.29, 1.82) is 0 Å². The molecule has 0 saturated carbocycles. The highest BCUT2D eigenvalue weighted by Gasteiger charge is 2.25. The van der Waals surface area contributed by atoms with Crippen molar-refractivity contribution in [1.82, 2.24) is 14.1 Å². The number of nitrogens with one attached hydrogen (secondary N) is 1. The van der Waals surface area contributed by atoms with Crippen LogP contribution in [-0.2, 0) is 17.8 Å². The molecule has 1 aromatic heterocycles. The van der Waals surface area contributed by atoms with Crippen LogP contribution in [0.3, 0.4) is 0 Å². The molecule has 0 spiro atoms. The van der Waals surface area contributed by atoms with Gasteiger partial charge in [0.1, 0.15) is 0 Å². The first-order valence-electron chi connectivity index (χ1n) is 12.7. The van der Waals surface area contributed by atoms with Crippen LogP contribution in [0.15, 0.2) is 14.4 Å². The molecular weight excluding hydrogens is 394 g/mol. The third-order valence-electron chi connectivity index (χ3n) is 6.19. The second-order valence-electron chi connectivity index (χ2n) is 9.04. The summed E-state index contributed by atoms with van der Waals surface area (Å²) in [5, 5.41) is 0. The molecule has 1 saturated heterocycles. The van der Waals surface area contributed by atoms with E-state index in [1.165, 1.54) is 83.5 Å². The smallest absolute Gasteiger partial charge is 0.336 e. The van der Waals surface area contributed by atoms with E-state index >= 15 is 0 Å². The highest BCUT2D eigenvalue weighted by atomic mass is 16.6. The van der Waals surface area contributed by atoms with Crippen LogP contribution in [0.5, 0.6) is 0 Å². The molecule has 2 rings (SSSR count). The summed E-state index contributed by atoms with van der Waals surface area (Å²) in [4.78, 5) is 38.5. The molecule has 0 radical (unpaired) electrons. The first-order chi connectivity index (χ1) is 15.1. The lowest BCUT2D eigenvalue weighted by Crippen LogP contribution is -2.50. The van der Waals surface area contributed by atoms with E-state index in [-0.39, 0.29) is 12.6 Å². The highest BCUT2D eigenvalue weighted by Crippen LogP contribution is 2.13. The number of hydrogen-bond donors (Lipinski definition) is 1. The van der Waals surface area contributed by atoms with E-state index in [2.05, 4.69) is 11.9 Å². The lowest BCUT2D eigenvalue weighted by atomic mass is 10.0. The fourth-order valence-corrected chi connectivity index (χ4v) is 4.10. The van der Waals surface area contributed by atoms with E-state index in [0.717, 1.165) is 28.4 Å². The van der Waals surface area contributed by atoms with Gasteiger partial charge in [-0.15, -0.1) is 0 Å². The Hall–Kier alpha value is -1.63. The Bertz CT molecular complexity index is 776. The topological polar surface area (TPSA) is 89.4 Å². The van der Waals surface area contributed by atoms with Crippen molar-refractivity contribution >= 4 is 0 Å². The van der Waals surface area contributed by atoms with Gasteiger partial charge >= 0.3 is 17.1 Å². The molecule has 1 aliphatic heterocycles. The van der Waals surface area contributed by atoms with Crippen LogP contribution in [0.25, 0.3) is 0 Å². The molecule has 178 valence electrons. The number of H-pyrrole nitrogens is 1. The Kier molecular flexibility index (Phi) is 12.6. The van der Waals surface area contributed by atoms with E-state index in [9.17, 15) is 14.4 Å². The molecule has 1 fully saturated rings. The molecule has 7 nitrogen and oxygen atoms in total. The normalized spacial score (nSPS) is 15.5. The lowest BCUT2D eigenvalue weighted by Gasteiger charge is -2.08. The quantitative estimate of drug-likeness (QED) is 0.257. The number of ether oxygens (including phenoxy) is 1. The van der Waals surface area contributed by atoms with Gasteiger partial charge in [-0.25, -0.2) is 23.5 Å². The molecule has 2 heterocycles. The van der Waals surface area contributed by atoms with Gasteiger partial charge in [0.15, 0.2) is 0 Å². The molecule has 0 bridgehead atoms. The van der Waals surface area contributed by atoms with Gasteiger partial charge < -0.3 is 4.74 Å². The van der Waals surface area contributed by atoms with Crippen molar-refractivity contribution in [3.8, 4) is 0 Å². The third kappa shape index (κ3) is 10.5. The minimum atomic E-state index is -0.645. The van der Waals surface area contributed by atoms with Crippen molar-refractivity contribution < 1.29 is 4.74 Å². The number of nitrogens with zero attached hydrogens (tertiary/aromatic N) is 2.